The number of carbonyl (C=O) groups excluding carboxylic acids is 1. The van der Waals surface area contributed by atoms with Crippen molar-refractivity contribution in [2.45, 2.75) is 13.8 Å². The Balaban J connectivity index is 1.97. The average molecular weight is 392 g/mol. The molecule has 0 fully saturated rings. The van der Waals surface area contributed by atoms with E-state index in [-0.39, 0.29) is 12.6 Å². The van der Waals surface area contributed by atoms with Crippen molar-refractivity contribution >= 4 is 50.6 Å². The zero-order valence-electron chi connectivity index (χ0n) is 14.6. The normalized spacial score (nSPS) is 10.9. The smallest absolute Gasteiger partial charge is 0.348 e. The highest BCUT2D eigenvalue weighted by atomic mass is 35.5. The maximum atomic E-state index is 12.3. The number of esters is 1. The molecule has 0 aliphatic rings. The van der Waals surface area contributed by atoms with Crippen LogP contribution in [0.25, 0.3) is 10.2 Å². The highest BCUT2D eigenvalue weighted by Gasteiger charge is 2.20. The Kier molecular flexibility index (Phi) is 5.70. The lowest BCUT2D eigenvalue weighted by Crippen LogP contribution is -2.09. The molecule has 136 valence electrons. The van der Waals surface area contributed by atoms with Crippen LogP contribution >= 0.6 is 22.9 Å². The monoisotopic (exact) mass is 391 g/mol. The first kappa shape index (κ1) is 18.6. The second-order valence-corrected chi connectivity index (χ2v) is 7.03. The van der Waals surface area contributed by atoms with Crippen LogP contribution in [0.1, 0.15) is 20.8 Å². The van der Waals surface area contributed by atoms with Gasteiger partial charge in [-0.3, -0.25) is 0 Å². The predicted molar refractivity (Wildman–Crippen MR) is 104 cm³/mol. The second-order valence-electron chi connectivity index (χ2n) is 5.62. The number of thiophene rings is 1. The first-order valence-electron chi connectivity index (χ1n) is 7.95. The molecule has 0 unspecified atom stereocenters. The molecule has 2 heterocycles. The fourth-order valence-corrected chi connectivity index (χ4v) is 3.73. The van der Waals surface area contributed by atoms with Crippen molar-refractivity contribution in [2.24, 2.45) is 0 Å². The van der Waals surface area contributed by atoms with Gasteiger partial charge in [0.1, 0.15) is 28.5 Å². The van der Waals surface area contributed by atoms with E-state index < -0.39 is 0 Å². The Hall–Kier alpha value is -2.22. The van der Waals surface area contributed by atoms with Crippen LogP contribution < -0.4 is 5.32 Å². The van der Waals surface area contributed by atoms with Crippen molar-refractivity contribution < 1.29 is 14.3 Å². The molecule has 0 aliphatic heterocycles. The summed E-state index contributed by atoms with van der Waals surface area (Å²) in [5.74, 6) is 0.248. The molecule has 0 atom stereocenters. The van der Waals surface area contributed by atoms with Crippen molar-refractivity contribution in [3.8, 4) is 0 Å². The summed E-state index contributed by atoms with van der Waals surface area (Å²) in [6, 6.07) is 5.63. The molecule has 8 heteroatoms. The summed E-state index contributed by atoms with van der Waals surface area (Å²) in [7, 11) is 1.56. The molecule has 3 rings (SSSR count). The molecule has 3 aromatic rings. The summed E-state index contributed by atoms with van der Waals surface area (Å²) in [5, 5.41) is 4.77. The Morgan fingerprint density at radius 1 is 1.23 bits per heavy atom. The number of fused-ring (bicyclic) bond motifs is 1. The van der Waals surface area contributed by atoms with Gasteiger partial charge < -0.3 is 14.8 Å². The van der Waals surface area contributed by atoms with Crippen LogP contribution in [-0.4, -0.2) is 36.3 Å². The molecule has 26 heavy (non-hydrogen) atoms. The molecule has 0 radical (unpaired) electrons. The molecular formula is C18H18ClN3O3S. The highest BCUT2D eigenvalue weighted by Crippen LogP contribution is 2.35. The maximum absolute atomic E-state index is 12.3. The zero-order valence-corrected chi connectivity index (χ0v) is 16.2. The Morgan fingerprint density at radius 2 is 2.04 bits per heavy atom. The molecule has 1 aromatic carbocycles. The van der Waals surface area contributed by atoms with Crippen LogP contribution in [0.5, 0.6) is 0 Å². The number of ether oxygens (including phenoxy) is 2. The summed E-state index contributed by atoms with van der Waals surface area (Å²) >= 11 is 7.48. The minimum atomic E-state index is -0.382. The molecule has 0 saturated carbocycles. The van der Waals surface area contributed by atoms with Gasteiger partial charge in [-0.1, -0.05) is 17.7 Å². The SMILES string of the molecule is COCCOC(=O)c1sc2ncnc(Nc3cccc(Cl)c3C)c2c1C. The summed E-state index contributed by atoms with van der Waals surface area (Å²) in [4.78, 5) is 22.2. The van der Waals surface area contributed by atoms with Crippen molar-refractivity contribution in [2.75, 3.05) is 25.6 Å². The van der Waals surface area contributed by atoms with Crippen molar-refractivity contribution in [3.05, 3.63) is 45.6 Å². The van der Waals surface area contributed by atoms with Gasteiger partial charge in [0.05, 0.1) is 12.0 Å². The second kappa shape index (κ2) is 7.99. The molecule has 0 saturated heterocycles. The van der Waals surface area contributed by atoms with E-state index in [0.29, 0.717) is 22.3 Å². The third-order valence-electron chi connectivity index (χ3n) is 3.95. The van der Waals surface area contributed by atoms with Gasteiger partial charge in [0.25, 0.3) is 0 Å². The Labute approximate surface area is 160 Å². The van der Waals surface area contributed by atoms with Crippen LogP contribution in [-0.2, 0) is 9.47 Å². The number of aromatic nitrogens is 2. The van der Waals surface area contributed by atoms with E-state index in [1.807, 2.05) is 32.0 Å². The lowest BCUT2D eigenvalue weighted by atomic mass is 10.1. The fourth-order valence-electron chi connectivity index (χ4n) is 2.51. The summed E-state index contributed by atoms with van der Waals surface area (Å²) in [5.41, 5.74) is 2.57. The third kappa shape index (κ3) is 3.65. The largest absolute Gasteiger partial charge is 0.459 e. The third-order valence-corrected chi connectivity index (χ3v) is 5.54. The van der Waals surface area contributed by atoms with Crippen LogP contribution in [0.2, 0.25) is 5.02 Å². The van der Waals surface area contributed by atoms with E-state index in [9.17, 15) is 4.79 Å². The number of nitrogens with one attached hydrogen (secondary N) is 1. The molecule has 0 amide bonds. The topological polar surface area (TPSA) is 73.3 Å². The standard InChI is InChI=1S/C18H18ClN3O3S/c1-10-12(19)5-4-6-13(10)22-16-14-11(2)15(18(23)25-8-7-24-3)26-17(14)21-9-20-16/h4-6,9H,7-8H2,1-3H3,(H,20,21,22). The van der Waals surface area contributed by atoms with Crippen LogP contribution in [0.15, 0.2) is 24.5 Å². The molecule has 6 nitrogen and oxygen atoms in total. The van der Waals surface area contributed by atoms with E-state index in [2.05, 4.69) is 15.3 Å². The van der Waals surface area contributed by atoms with Crippen LogP contribution in [0.3, 0.4) is 0 Å². The average Bonchev–Trinajstić information content (AvgIpc) is 2.97. The lowest BCUT2D eigenvalue weighted by Gasteiger charge is -2.11. The number of benzene rings is 1. The number of hydrogen-bond donors (Lipinski definition) is 1. The quantitative estimate of drug-likeness (QED) is 0.492. The van der Waals surface area contributed by atoms with Crippen molar-refractivity contribution in [1.29, 1.82) is 0 Å². The molecule has 0 bridgehead atoms. The van der Waals surface area contributed by atoms with Gasteiger partial charge in [-0.05, 0) is 37.1 Å². The molecule has 2 aromatic heterocycles. The van der Waals surface area contributed by atoms with E-state index >= 15 is 0 Å². The van der Waals surface area contributed by atoms with Gasteiger partial charge in [0, 0.05) is 17.8 Å². The summed E-state index contributed by atoms with van der Waals surface area (Å²) in [6.07, 6.45) is 1.47. The number of methoxy groups -OCH3 is 1. The van der Waals surface area contributed by atoms with Crippen LogP contribution in [0.4, 0.5) is 11.5 Å². The summed E-state index contributed by atoms with van der Waals surface area (Å²) in [6.45, 7) is 4.37. The van der Waals surface area contributed by atoms with E-state index in [1.165, 1.54) is 17.7 Å². The number of hydrogen-bond acceptors (Lipinski definition) is 7. The summed E-state index contributed by atoms with van der Waals surface area (Å²) < 4.78 is 10.1. The van der Waals surface area contributed by atoms with Gasteiger partial charge in [-0.25, -0.2) is 14.8 Å². The van der Waals surface area contributed by atoms with E-state index in [0.717, 1.165) is 27.0 Å². The van der Waals surface area contributed by atoms with Gasteiger partial charge in [0.2, 0.25) is 0 Å². The minimum Gasteiger partial charge on any atom is -0.459 e. The van der Waals surface area contributed by atoms with Gasteiger partial charge in [-0.15, -0.1) is 11.3 Å². The Bertz CT molecular complexity index is 958. The number of nitrogens with zero attached hydrogens (tertiary/aromatic N) is 2. The highest BCUT2D eigenvalue weighted by molar-refractivity contribution is 7.20. The number of halogens is 1. The number of anilines is 2. The van der Waals surface area contributed by atoms with Crippen LogP contribution in [0, 0.1) is 13.8 Å². The van der Waals surface area contributed by atoms with E-state index in [4.69, 9.17) is 21.1 Å². The predicted octanol–water partition coefficient (Wildman–Crippen LogP) is 4.51. The number of aryl methyl sites for hydroxylation is 1. The lowest BCUT2D eigenvalue weighted by molar-refractivity contribution is 0.0393. The molecule has 0 aliphatic carbocycles. The maximum Gasteiger partial charge on any atom is 0.348 e. The Morgan fingerprint density at radius 3 is 2.81 bits per heavy atom. The van der Waals surface area contributed by atoms with Gasteiger partial charge in [0.15, 0.2) is 0 Å². The minimum absolute atomic E-state index is 0.210. The number of carbonyl (C=O) groups is 1. The van der Waals surface area contributed by atoms with Gasteiger partial charge >= 0.3 is 5.97 Å². The first-order valence-corrected chi connectivity index (χ1v) is 9.14. The van der Waals surface area contributed by atoms with E-state index in [1.54, 1.807) is 7.11 Å². The first-order chi connectivity index (χ1) is 12.5. The fraction of sp³-hybridized carbons (Fsp3) is 0.278. The number of rotatable bonds is 6. The molecular weight excluding hydrogens is 374 g/mol. The van der Waals surface area contributed by atoms with Gasteiger partial charge in [-0.2, -0.15) is 0 Å². The molecule has 1 N–H and O–H groups in total. The zero-order chi connectivity index (χ0) is 18.7. The molecule has 0 spiro atoms. The van der Waals surface area contributed by atoms with Crippen molar-refractivity contribution in [1.82, 2.24) is 9.97 Å². The van der Waals surface area contributed by atoms with Crippen molar-refractivity contribution in [3.63, 3.8) is 0 Å².